The Morgan fingerprint density at radius 3 is 2.70 bits per heavy atom. The predicted molar refractivity (Wildman–Crippen MR) is 89.9 cm³/mol. The Balaban J connectivity index is 1.46. The molecule has 3 heterocycles. The summed E-state index contributed by atoms with van der Waals surface area (Å²) in [5.41, 5.74) is 3.37. The van der Waals surface area contributed by atoms with Crippen LogP contribution in [0.3, 0.4) is 0 Å². The first-order chi connectivity index (χ1) is 11.1. The molecule has 4 rings (SSSR count). The lowest BCUT2D eigenvalue weighted by Crippen LogP contribution is -2.41. The number of morpholine rings is 1. The van der Waals surface area contributed by atoms with Crippen molar-refractivity contribution in [3.63, 3.8) is 0 Å². The second kappa shape index (κ2) is 5.76. The van der Waals surface area contributed by atoms with Crippen LogP contribution in [0.25, 0.3) is 5.65 Å². The molecule has 2 aromatic rings. The molecule has 6 nitrogen and oxygen atoms in total. The second-order valence-electron chi connectivity index (χ2n) is 7.08. The Kier molecular flexibility index (Phi) is 3.73. The molecule has 23 heavy (non-hydrogen) atoms. The fraction of sp³-hybridized carbons (Fsp3) is 0.647. The summed E-state index contributed by atoms with van der Waals surface area (Å²) in [7, 11) is 0. The van der Waals surface area contributed by atoms with E-state index in [0.29, 0.717) is 5.41 Å². The Labute approximate surface area is 136 Å². The van der Waals surface area contributed by atoms with E-state index in [1.807, 2.05) is 24.4 Å². The van der Waals surface area contributed by atoms with E-state index in [9.17, 15) is 0 Å². The molecular formula is C17H25N5O. The molecule has 0 spiro atoms. The smallest absolute Gasteiger partial charge is 0.157 e. The van der Waals surface area contributed by atoms with Gasteiger partial charge in [0, 0.05) is 49.4 Å². The lowest BCUT2D eigenvalue weighted by atomic mass is 10.1. The largest absolute Gasteiger partial charge is 0.379 e. The molecule has 6 heteroatoms. The molecule has 0 bridgehead atoms. The third-order valence-electron chi connectivity index (χ3n) is 4.94. The van der Waals surface area contributed by atoms with Crippen molar-refractivity contribution in [1.82, 2.24) is 19.5 Å². The van der Waals surface area contributed by atoms with Gasteiger partial charge in [-0.25, -0.2) is 4.98 Å². The maximum absolute atomic E-state index is 5.45. The number of hydrogen-bond acceptors (Lipinski definition) is 5. The van der Waals surface area contributed by atoms with Gasteiger partial charge in [0.05, 0.1) is 18.9 Å². The van der Waals surface area contributed by atoms with Gasteiger partial charge in [0.15, 0.2) is 5.65 Å². The fourth-order valence-electron chi connectivity index (χ4n) is 3.42. The first-order valence-corrected chi connectivity index (χ1v) is 8.52. The number of nitrogens with zero attached hydrogens (tertiary/aromatic N) is 4. The van der Waals surface area contributed by atoms with Gasteiger partial charge in [-0.05, 0) is 26.7 Å². The van der Waals surface area contributed by atoms with Crippen molar-refractivity contribution in [2.75, 3.05) is 44.7 Å². The maximum Gasteiger partial charge on any atom is 0.157 e. The Morgan fingerprint density at radius 2 is 1.96 bits per heavy atom. The van der Waals surface area contributed by atoms with Gasteiger partial charge in [-0.3, -0.25) is 4.90 Å². The number of aromatic nitrogens is 3. The van der Waals surface area contributed by atoms with Crippen LogP contribution in [0.2, 0.25) is 0 Å². The zero-order valence-electron chi connectivity index (χ0n) is 14.0. The van der Waals surface area contributed by atoms with E-state index in [0.717, 1.165) is 55.7 Å². The maximum atomic E-state index is 5.45. The van der Waals surface area contributed by atoms with Gasteiger partial charge in [0.25, 0.3) is 0 Å². The van der Waals surface area contributed by atoms with E-state index in [-0.39, 0.29) is 0 Å². The Bertz CT molecular complexity index is 700. The van der Waals surface area contributed by atoms with Crippen LogP contribution < -0.4 is 5.32 Å². The molecule has 1 N–H and O–H groups in total. The van der Waals surface area contributed by atoms with Gasteiger partial charge in [-0.1, -0.05) is 0 Å². The summed E-state index contributed by atoms with van der Waals surface area (Å²) in [6.45, 7) is 10.1. The molecule has 0 atom stereocenters. The molecule has 1 saturated heterocycles. The molecule has 1 aliphatic heterocycles. The highest BCUT2D eigenvalue weighted by Gasteiger charge is 2.43. The molecule has 1 aliphatic carbocycles. The Morgan fingerprint density at radius 1 is 1.17 bits per heavy atom. The molecular weight excluding hydrogens is 290 g/mol. The third kappa shape index (κ3) is 3.19. The first kappa shape index (κ1) is 14.9. The van der Waals surface area contributed by atoms with Crippen LogP contribution in [0.1, 0.15) is 24.2 Å². The minimum absolute atomic E-state index is 0.420. The topological polar surface area (TPSA) is 54.7 Å². The first-order valence-electron chi connectivity index (χ1n) is 8.52. The van der Waals surface area contributed by atoms with Crippen LogP contribution >= 0.6 is 0 Å². The van der Waals surface area contributed by atoms with Crippen molar-refractivity contribution in [3.8, 4) is 0 Å². The molecule has 0 aromatic carbocycles. The van der Waals surface area contributed by atoms with Crippen LogP contribution in [-0.2, 0) is 4.74 Å². The predicted octanol–water partition coefficient (Wildman–Crippen LogP) is 1.87. The molecule has 2 aromatic heterocycles. The van der Waals surface area contributed by atoms with Crippen molar-refractivity contribution in [2.24, 2.45) is 5.41 Å². The normalized spacial score (nSPS) is 20.8. The average Bonchev–Trinajstić information content (AvgIpc) is 3.18. The van der Waals surface area contributed by atoms with Crippen molar-refractivity contribution >= 4 is 11.5 Å². The van der Waals surface area contributed by atoms with Gasteiger partial charge in [-0.2, -0.15) is 9.61 Å². The highest BCUT2D eigenvalue weighted by Crippen LogP contribution is 2.46. The summed E-state index contributed by atoms with van der Waals surface area (Å²) in [6, 6.07) is 4.11. The van der Waals surface area contributed by atoms with Crippen LogP contribution in [0.15, 0.2) is 12.1 Å². The minimum Gasteiger partial charge on any atom is -0.379 e. The summed E-state index contributed by atoms with van der Waals surface area (Å²) >= 11 is 0. The lowest BCUT2D eigenvalue weighted by Gasteiger charge is -2.30. The van der Waals surface area contributed by atoms with Gasteiger partial charge in [-0.15, -0.1) is 0 Å². The van der Waals surface area contributed by atoms with Crippen LogP contribution in [0.4, 0.5) is 5.82 Å². The molecule has 2 fully saturated rings. The lowest BCUT2D eigenvalue weighted by molar-refractivity contribution is 0.0294. The highest BCUT2D eigenvalue weighted by atomic mass is 16.5. The van der Waals surface area contributed by atoms with Crippen LogP contribution in [0, 0.1) is 19.3 Å². The van der Waals surface area contributed by atoms with Crippen LogP contribution in [-0.4, -0.2) is 58.9 Å². The zero-order chi connectivity index (χ0) is 15.9. The average molecular weight is 315 g/mol. The number of anilines is 1. The van der Waals surface area contributed by atoms with Gasteiger partial charge in [0.1, 0.15) is 5.82 Å². The van der Waals surface area contributed by atoms with Gasteiger partial charge in [0.2, 0.25) is 0 Å². The number of fused-ring (bicyclic) bond motifs is 1. The SMILES string of the molecule is Cc1cc(NCC2(CN3CCOCC3)CC2)n2nc(C)cc2n1. The minimum atomic E-state index is 0.420. The molecule has 0 radical (unpaired) electrons. The van der Waals surface area contributed by atoms with Crippen molar-refractivity contribution in [1.29, 1.82) is 0 Å². The molecule has 0 unspecified atom stereocenters. The standard InChI is InChI=1S/C17H25N5O/c1-13-9-15(22-16(19-13)10-14(2)20-22)18-11-17(3-4-17)12-21-5-7-23-8-6-21/h9-10,18H,3-8,11-12H2,1-2H3. The second-order valence-corrected chi connectivity index (χ2v) is 7.08. The van der Waals surface area contributed by atoms with E-state index in [4.69, 9.17) is 4.74 Å². The monoisotopic (exact) mass is 315 g/mol. The molecule has 0 amide bonds. The summed E-state index contributed by atoms with van der Waals surface area (Å²) in [4.78, 5) is 7.09. The summed E-state index contributed by atoms with van der Waals surface area (Å²) in [6.07, 6.45) is 2.62. The number of nitrogens with one attached hydrogen (secondary N) is 1. The summed E-state index contributed by atoms with van der Waals surface area (Å²) < 4.78 is 7.38. The third-order valence-corrected chi connectivity index (χ3v) is 4.94. The zero-order valence-corrected chi connectivity index (χ0v) is 14.0. The van der Waals surface area contributed by atoms with E-state index in [1.165, 1.54) is 19.4 Å². The summed E-state index contributed by atoms with van der Waals surface area (Å²) in [5, 5.41) is 8.19. The van der Waals surface area contributed by atoms with Crippen molar-refractivity contribution in [3.05, 3.63) is 23.5 Å². The summed E-state index contributed by atoms with van der Waals surface area (Å²) in [5.74, 6) is 1.05. The van der Waals surface area contributed by atoms with Gasteiger partial charge < -0.3 is 10.1 Å². The highest BCUT2D eigenvalue weighted by molar-refractivity contribution is 5.50. The van der Waals surface area contributed by atoms with E-state index in [1.54, 1.807) is 0 Å². The molecule has 2 aliphatic rings. The quantitative estimate of drug-likeness (QED) is 0.913. The van der Waals surface area contributed by atoms with E-state index < -0.39 is 0 Å². The molecule has 124 valence electrons. The molecule has 1 saturated carbocycles. The Hall–Kier alpha value is -1.66. The van der Waals surface area contributed by atoms with Crippen LogP contribution in [0.5, 0.6) is 0 Å². The number of rotatable bonds is 5. The number of aryl methyl sites for hydroxylation is 2. The van der Waals surface area contributed by atoms with Gasteiger partial charge >= 0.3 is 0 Å². The van der Waals surface area contributed by atoms with E-state index >= 15 is 0 Å². The van der Waals surface area contributed by atoms with Crippen molar-refractivity contribution < 1.29 is 4.74 Å². The van der Waals surface area contributed by atoms with Crippen molar-refractivity contribution in [2.45, 2.75) is 26.7 Å². The number of ether oxygens (including phenoxy) is 1. The van der Waals surface area contributed by atoms with E-state index in [2.05, 4.69) is 26.4 Å². The fourth-order valence-corrected chi connectivity index (χ4v) is 3.42. The number of hydrogen-bond donors (Lipinski definition) is 1.